The van der Waals surface area contributed by atoms with E-state index in [2.05, 4.69) is 4.98 Å². The van der Waals surface area contributed by atoms with Gasteiger partial charge in [-0.25, -0.2) is 0 Å². The standard InChI is InChI=1S/C17H21N3O/c1-3-20(12-16-6-4-5-13(2)19-16)17(21)11-14-7-9-15(18)10-8-14/h4-10H,3,11-12,18H2,1-2H3. The van der Waals surface area contributed by atoms with Crippen LogP contribution in [0.4, 0.5) is 5.69 Å². The summed E-state index contributed by atoms with van der Waals surface area (Å²) in [4.78, 5) is 18.7. The van der Waals surface area contributed by atoms with E-state index in [1.54, 1.807) is 0 Å². The van der Waals surface area contributed by atoms with Crippen LogP contribution in [0.25, 0.3) is 0 Å². The lowest BCUT2D eigenvalue weighted by molar-refractivity contribution is -0.130. The Morgan fingerprint density at radius 3 is 2.52 bits per heavy atom. The summed E-state index contributed by atoms with van der Waals surface area (Å²) in [7, 11) is 0. The highest BCUT2D eigenvalue weighted by molar-refractivity contribution is 5.78. The van der Waals surface area contributed by atoms with E-state index in [0.717, 1.165) is 17.0 Å². The lowest BCUT2D eigenvalue weighted by atomic mass is 10.1. The predicted molar refractivity (Wildman–Crippen MR) is 84.6 cm³/mol. The molecular weight excluding hydrogens is 262 g/mol. The molecule has 0 aliphatic carbocycles. The minimum atomic E-state index is 0.102. The van der Waals surface area contributed by atoms with Gasteiger partial charge in [0.05, 0.1) is 18.7 Å². The van der Waals surface area contributed by atoms with Crippen molar-refractivity contribution in [1.29, 1.82) is 0 Å². The lowest BCUT2D eigenvalue weighted by Crippen LogP contribution is -2.32. The van der Waals surface area contributed by atoms with Crippen molar-refractivity contribution >= 4 is 11.6 Å². The third kappa shape index (κ3) is 4.31. The summed E-state index contributed by atoms with van der Waals surface area (Å²) in [6.45, 7) is 5.15. The third-order valence-electron chi connectivity index (χ3n) is 3.37. The number of likely N-dealkylation sites (N-methyl/N-ethyl adjacent to an activating group) is 1. The van der Waals surface area contributed by atoms with Crippen molar-refractivity contribution in [2.75, 3.05) is 12.3 Å². The molecule has 2 N–H and O–H groups in total. The number of hydrogen-bond acceptors (Lipinski definition) is 3. The number of aromatic nitrogens is 1. The van der Waals surface area contributed by atoms with Crippen LogP contribution in [0.3, 0.4) is 0 Å². The van der Waals surface area contributed by atoms with E-state index in [1.165, 1.54) is 0 Å². The molecule has 2 aromatic rings. The Balaban J connectivity index is 2.03. The molecule has 4 nitrogen and oxygen atoms in total. The molecule has 0 unspecified atom stereocenters. The van der Waals surface area contributed by atoms with Gasteiger partial charge in [0, 0.05) is 17.9 Å². The minimum Gasteiger partial charge on any atom is -0.399 e. The van der Waals surface area contributed by atoms with Gasteiger partial charge in [-0.05, 0) is 43.7 Å². The Morgan fingerprint density at radius 2 is 1.90 bits per heavy atom. The molecule has 0 radical (unpaired) electrons. The summed E-state index contributed by atoms with van der Waals surface area (Å²) >= 11 is 0. The summed E-state index contributed by atoms with van der Waals surface area (Å²) in [5.74, 6) is 0.102. The first-order valence-electron chi connectivity index (χ1n) is 7.13. The highest BCUT2D eigenvalue weighted by Gasteiger charge is 2.13. The molecule has 1 aromatic heterocycles. The maximum Gasteiger partial charge on any atom is 0.227 e. The average Bonchev–Trinajstić information content (AvgIpc) is 2.47. The van der Waals surface area contributed by atoms with E-state index in [9.17, 15) is 4.79 Å². The number of rotatable bonds is 5. The number of nitrogens with two attached hydrogens (primary N) is 1. The summed E-state index contributed by atoms with van der Waals surface area (Å²) in [5.41, 5.74) is 9.23. The van der Waals surface area contributed by atoms with E-state index < -0.39 is 0 Å². The van der Waals surface area contributed by atoms with E-state index >= 15 is 0 Å². The highest BCUT2D eigenvalue weighted by atomic mass is 16.2. The molecule has 0 aliphatic rings. The van der Waals surface area contributed by atoms with Crippen LogP contribution in [0.15, 0.2) is 42.5 Å². The van der Waals surface area contributed by atoms with Crippen molar-refractivity contribution in [2.24, 2.45) is 0 Å². The number of amides is 1. The molecule has 0 spiro atoms. The number of hydrogen-bond donors (Lipinski definition) is 1. The fraction of sp³-hybridized carbons (Fsp3) is 0.294. The zero-order valence-corrected chi connectivity index (χ0v) is 12.5. The fourth-order valence-electron chi connectivity index (χ4n) is 2.18. The predicted octanol–water partition coefficient (Wildman–Crippen LogP) is 2.56. The second-order valence-corrected chi connectivity index (χ2v) is 5.10. The highest BCUT2D eigenvalue weighted by Crippen LogP contribution is 2.10. The second-order valence-electron chi connectivity index (χ2n) is 5.10. The van der Waals surface area contributed by atoms with Crippen LogP contribution in [0.2, 0.25) is 0 Å². The molecular formula is C17H21N3O. The van der Waals surface area contributed by atoms with Crippen molar-refractivity contribution < 1.29 is 4.79 Å². The second kappa shape index (κ2) is 6.88. The van der Waals surface area contributed by atoms with Crippen molar-refractivity contribution in [3.05, 3.63) is 59.4 Å². The third-order valence-corrected chi connectivity index (χ3v) is 3.37. The van der Waals surface area contributed by atoms with Gasteiger partial charge in [0.1, 0.15) is 0 Å². The SMILES string of the molecule is CCN(Cc1cccc(C)n1)C(=O)Cc1ccc(N)cc1. The zero-order chi connectivity index (χ0) is 15.2. The Kier molecular flexibility index (Phi) is 4.93. The summed E-state index contributed by atoms with van der Waals surface area (Å²) in [6.07, 6.45) is 0.389. The van der Waals surface area contributed by atoms with Crippen LogP contribution in [-0.2, 0) is 17.8 Å². The van der Waals surface area contributed by atoms with Gasteiger partial charge in [0.15, 0.2) is 0 Å². The van der Waals surface area contributed by atoms with Crippen LogP contribution in [0.1, 0.15) is 23.9 Å². The van der Waals surface area contributed by atoms with Crippen molar-refractivity contribution in [1.82, 2.24) is 9.88 Å². The Morgan fingerprint density at radius 1 is 1.19 bits per heavy atom. The number of anilines is 1. The van der Waals surface area contributed by atoms with E-state index in [0.29, 0.717) is 25.2 Å². The number of nitrogen functional groups attached to an aromatic ring is 1. The molecule has 2 rings (SSSR count). The molecule has 110 valence electrons. The Labute approximate surface area is 125 Å². The molecule has 1 aromatic carbocycles. The average molecular weight is 283 g/mol. The van der Waals surface area contributed by atoms with E-state index in [-0.39, 0.29) is 5.91 Å². The first-order chi connectivity index (χ1) is 10.1. The molecule has 0 bridgehead atoms. The number of benzene rings is 1. The fourth-order valence-corrected chi connectivity index (χ4v) is 2.18. The van der Waals surface area contributed by atoms with E-state index in [1.807, 2.05) is 61.2 Å². The van der Waals surface area contributed by atoms with Gasteiger partial charge < -0.3 is 10.6 Å². The number of carbonyl (C=O) groups excluding carboxylic acids is 1. The van der Waals surface area contributed by atoms with Crippen molar-refractivity contribution in [2.45, 2.75) is 26.8 Å². The molecule has 0 saturated carbocycles. The summed E-state index contributed by atoms with van der Waals surface area (Å²) < 4.78 is 0. The van der Waals surface area contributed by atoms with Crippen LogP contribution >= 0.6 is 0 Å². The van der Waals surface area contributed by atoms with Gasteiger partial charge in [0.25, 0.3) is 0 Å². The van der Waals surface area contributed by atoms with Gasteiger partial charge in [-0.3, -0.25) is 9.78 Å². The largest absolute Gasteiger partial charge is 0.399 e. The van der Waals surface area contributed by atoms with Gasteiger partial charge in [-0.15, -0.1) is 0 Å². The van der Waals surface area contributed by atoms with Gasteiger partial charge in [-0.1, -0.05) is 18.2 Å². The summed E-state index contributed by atoms with van der Waals surface area (Å²) in [6, 6.07) is 13.3. The van der Waals surface area contributed by atoms with Gasteiger partial charge in [0.2, 0.25) is 5.91 Å². The maximum atomic E-state index is 12.4. The Hall–Kier alpha value is -2.36. The van der Waals surface area contributed by atoms with Crippen LogP contribution in [-0.4, -0.2) is 22.3 Å². The molecule has 4 heteroatoms. The van der Waals surface area contributed by atoms with Crippen LogP contribution < -0.4 is 5.73 Å². The number of nitrogens with zero attached hydrogens (tertiary/aromatic N) is 2. The molecule has 1 amide bonds. The lowest BCUT2D eigenvalue weighted by Gasteiger charge is -2.20. The first-order valence-corrected chi connectivity index (χ1v) is 7.13. The molecule has 0 fully saturated rings. The number of aryl methyl sites for hydroxylation is 1. The molecule has 21 heavy (non-hydrogen) atoms. The zero-order valence-electron chi connectivity index (χ0n) is 12.5. The molecule has 0 saturated heterocycles. The minimum absolute atomic E-state index is 0.102. The van der Waals surface area contributed by atoms with Crippen molar-refractivity contribution in [3.8, 4) is 0 Å². The van der Waals surface area contributed by atoms with Crippen molar-refractivity contribution in [3.63, 3.8) is 0 Å². The van der Waals surface area contributed by atoms with E-state index in [4.69, 9.17) is 5.73 Å². The smallest absolute Gasteiger partial charge is 0.227 e. The first kappa shape index (κ1) is 15.0. The molecule has 0 aliphatic heterocycles. The maximum absolute atomic E-state index is 12.4. The van der Waals surface area contributed by atoms with Gasteiger partial charge >= 0.3 is 0 Å². The quantitative estimate of drug-likeness (QED) is 0.858. The summed E-state index contributed by atoms with van der Waals surface area (Å²) in [5, 5.41) is 0. The number of pyridine rings is 1. The van der Waals surface area contributed by atoms with Gasteiger partial charge in [-0.2, -0.15) is 0 Å². The molecule has 1 heterocycles. The van der Waals surface area contributed by atoms with Crippen LogP contribution in [0, 0.1) is 6.92 Å². The Bertz CT molecular complexity index is 608. The topological polar surface area (TPSA) is 59.2 Å². The number of carbonyl (C=O) groups is 1. The normalized spacial score (nSPS) is 10.4. The molecule has 0 atom stereocenters. The van der Waals surface area contributed by atoms with Crippen LogP contribution in [0.5, 0.6) is 0 Å². The monoisotopic (exact) mass is 283 g/mol.